The highest BCUT2D eigenvalue weighted by atomic mass is 32.1. The Bertz CT molecular complexity index is 783. The molecule has 0 bridgehead atoms. The number of thiophene rings is 1. The number of amides is 1. The maximum atomic E-state index is 12.1. The third-order valence-corrected chi connectivity index (χ3v) is 4.49. The summed E-state index contributed by atoms with van der Waals surface area (Å²) in [5.41, 5.74) is 1.75. The van der Waals surface area contributed by atoms with Gasteiger partial charge in [-0.2, -0.15) is 0 Å². The van der Waals surface area contributed by atoms with E-state index in [2.05, 4.69) is 19.2 Å². The minimum atomic E-state index is -1.03. The molecule has 0 aliphatic heterocycles. The second kappa shape index (κ2) is 7.89. The zero-order valence-corrected chi connectivity index (χ0v) is 14.8. The molecule has 0 aliphatic carbocycles. The number of carbonyl (C=O) groups excluding carboxylic acids is 2. The van der Waals surface area contributed by atoms with Crippen molar-refractivity contribution in [1.29, 1.82) is 0 Å². The Hall–Kier alpha value is -2.74. The van der Waals surface area contributed by atoms with Crippen LogP contribution in [0.5, 0.6) is 0 Å². The molecule has 0 aliphatic rings. The summed E-state index contributed by atoms with van der Waals surface area (Å²) in [6, 6.07) is 9.93. The van der Waals surface area contributed by atoms with Gasteiger partial charge in [0.25, 0.3) is 5.91 Å². The molecule has 132 valence electrons. The van der Waals surface area contributed by atoms with Gasteiger partial charge in [0.2, 0.25) is 0 Å². The number of esters is 1. The molecule has 0 radical (unpaired) electrons. The quantitative estimate of drug-likeness (QED) is 0.476. The first-order valence-electron chi connectivity index (χ1n) is 7.64. The zero-order valence-electron chi connectivity index (χ0n) is 14.0. The van der Waals surface area contributed by atoms with Gasteiger partial charge in [-0.1, -0.05) is 37.3 Å². The van der Waals surface area contributed by atoms with Crippen LogP contribution in [0.2, 0.25) is 0 Å². The summed E-state index contributed by atoms with van der Waals surface area (Å²) in [6.07, 6.45) is -1.03. The van der Waals surface area contributed by atoms with Crippen molar-refractivity contribution in [2.45, 2.75) is 32.8 Å². The highest BCUT2D eigenvalue weighted by molar-refractivity contribution is 7.17. The fourth-order valence-electron chi connectivity index (χ4n) is 2.00. The van der Waals surface area contributed by atoms with Gasteiger partial charge in [-0.25, -0.2) is 4.79 Å². The normalized spacial score (nSPS) is 11.8. The van der Waals surface area contributed by atoms with E-state index in [0.717, 1.165) is 5.56 Å². The van der Waals surface area contributed by atoms with Gasteiger partial charge in [0.15, 0.2) is 6.10 Å². The van der Waals surface area contributed by atoms with E-state index >= 15 is 0 Å². The van der Waals surface area contributed by atoms with Crippen molar-refractivity contribution in [2.75, 3.05) is 5.32 Å². The van der Waals surface area contributed by atoms with Crippen molar-refractivity contribution in [3.63, 3.8) is 0 Å². The summed E-state index contributed by atoms with van der Waals surface area (Å²) in [5.74, 6) is -0.855. The van der Waals surface area contributed by atoms with Crippen LogP contribution >= 0.6 is 11.3 Å². The maximum Gasteiger partial charge on any atom is 0.349 e. The monoisotopic (exact) mass is 362 g/mol. The van der Waals surface area contributed by atoms with E-state index < -0.39 is 22.9 Å². The molecule has 1 atom stereocenters. The third kappa shape index (κ3) is 4.87. The Balaban J connectivity index is 1.94. The van der Waals surface area contributed by atoms with E-state index in [1.54, 1.807) is 12.1 Å². The Morgan fingerprint density at radius 1 is 1.12 bits per heavy atom. The lowest BCUT2D eigenvalue weighted by molar-refractivity contribution is -0.380. The predicted molar refractivity (Wildman–Crippen MR) is 95.0 cm³/mol. The molecular weight excluding hydrogens is 344 g/mol. The molecular formula is C17H18N2O5S. The van der Waals surface area contributed by atoms with E-state index in [1.165, 1.54) is 19.1 Å². The number of ether oxygens (including phenoxy) is 1. The summed E-state index contributed by atoms with van der Waals surface area (Å²) in [4.78, 5) is 34.2. The summed E-state index contributed by atoms with van der Waals surface area (Å²) in [5, 5.41) is 13.1. The van der Waals surface area contributed by atoms with Gasteiger partial charge in [0, 0.05) is 11.8 Å². The summed E-state index contributed by atoms with van der Waals surface area (Å²) in [7, 11) is 0. The molecule has 2 rings (SSSR count). The average Bonchev–Trinajstić information content (AvgIpc) is 3.05. The molecule has 7 nitrogen and oxygen atoms in total. The minimum absolute atomic E-state index is 0.0765. The Labute approximate surface area is 148 Å². The maximum absolute atomic E-state index is 12.1. The predicted octanol–water partition coefficient (Wildman–Crippen LogP) is 3.96. The Morgan fingerprint density at radius 2 is 1.76 bits per heavy atom. The van der Waals surface area contributed by atoms with Crippen LogP contribution in [0.1, 0.15) is 41.9 Å². The number of rotatable bonds is 6. The van der Waals surface area contributed by atoms with E-state index in [1.807, 2.05) is 12.1 Å². The van der Waals surface area contributed by atoms with E-state index in [0.29, 0.717) is 22.9 Å². The number of carbonyl (C=O) groups is 2. The van der Waals surface area contributed by atoms with Crippen LogP contribution in [-0.4, -0.2) is 22.9 Å². The number of nitrogens with one attached hydrogen (secondary N) is 1. The number of anilines is 1. The molecule has 1 amide bonds. The van der Waals surface area contributed by atoms with E-state index in [9.17, 15) is 19.7 Å². The largest absolute Gasteiger partial charge is 0.448 e. The molecule has 2 aromatic rings. The van der Waals surface area contributed by atoms with Crippen molar-refractivity contribution < 1.29 is 19.2 Å². The van der Waals surface area contributed by atoms with Crippen molar-refractivity contribution in [1.82, 2.24) is 0 Å². The van der Waals surface area contributed by atoms with Crippen LogP contribution in [0.25, 0.3) is 0 Å². The van der Waals surface area contributed by atoms with Gasteiger partial charge in [-0.15, -0.1) is 0 Å². The van der Waals surface area contributed by atoms with Crippen molar-refractivity contribution in [2.24, 2.45) is 0 Å². The van der Waals surface area contributed by atoms with Crippen molar-refractivity contribution in [3.05, 3.63) is 57.0 Å². The highest BCUT2D eigenvalue weighted by Crippen LogP contribution is 2.25. The van der Waals surface area contributed by atoms with Gasteiger partial charge >= 0.3 is 11.0 Å². The van der Waals surface area contributed by atoms with Crippen LogP contribution in [-0.2, 0) is 9.53 Å². The number of hydrogen-bond donors (Lipinski definition) is 1. The van der Waals surface area contributed by atoms with E-state index in [-0.39, 0.29) is 9.88 Å². The lowest BCUT2D eigenvalue weighted by atomic mass is 10.0. The van der Waals surface area contributed by atoms with E-state index in [4.69, 9.17) is 4.74 Å². The lowest BCUT2D eigenvalue weighted by Gasteiger charge is -2.13. The SMILES string of the molecule is CC(C)c1ccc(NC(=O)[C@H](C)OC(=O)c2ccc([N+](=O)[O-])s2)cc1. The molecule has 0 saturated carbocycles. The number of hydrogen-bond acceptors (Lipinski definition) is 6. The summed E-state index contributed by atoms with van der Waals surface area (Å²) >= 11 is 0.706. The fourth-order valence-corrected chi connectivity index (χ4v) is 2.71. The number of benzene rings is 1. The Morgan fingerprint density at radius 3 is 2.28 bits per heavy atom. The minimum Gasteiger partial charge on any atom is -0.448 e. The first-order chi connectivity index (χ1) is 11.8. The molecule has 0 spiro atoms. The second-order valence-electron chi connectivity index (χ2n) is 5.71. The smallest absolute Gasteiger partial charge is 0.349 e. The van der Waals surface area contributed by atoms with Gasteiger partial charge in [-0.05, 0) is 36.6 Å². The standard InChI is InChI=1S/C17H18N2O5S/c1-10(2)12-4-6-13(7-5-12)18-16(20)11(3)24-17(21)14-8-9-15(25-14)19(22)23/h4-11H,1-3H3,(H,18,20)/t11-/m0/s1. The molecule has 1 N–H and O–H groups in total. The van der Waals surface area contributed by atoms with Gasteiger partial charge in [0.1, 0.15) is 4.88 Å². The first-order valence-corrected chi connectivity index (χ1v) is 8.45. The molecule has 0 saturated heterocycles. The molecule has 25 heavy (non-hydrogen) atoms. The third-order valence-electron chi connectivity index (χ3n) is 3.47. The molecule has 0 unspecified atom stereocenters. The number of nitro groups is 1. The average molecular weight is 362 g/mol. The topological polar surface area (TPSA) is 98.5 Å². The van der Waals surface area contributed by atoms with Gasteiger partial charge < -0.3 is 10.1 Å². The number of nitrogens with zero attached hydrogens (tertiary/aromatic N) is 1. The zero-order chi connectivity index (χ0) is 18.6. The summed E-state index contributed by atoms with van der Waals surface area (Å²) < 4.78 is 5.06. The molecule has 1 heterocycles. The second-order valence-corrected chi connectivity index (χ2v) is 6.77. The molecule has 8 heteroatoms. The van der Waals surface area contributed by atoms with Crippen LogP contribution in [0.15, 0.2) is 36.4 Å². The van der Waals surface area contributed by atoms with Crippen LogP contribution < -0.4 is 5.32 Å². The Kier molecular flexibility index (Phi) is 5.87. The van der Waals surface area contributed by atoms with Gasteiger partial charge in [0.05, 0.1) is 4.92 Å². The van der Waals surface area contributed by atoms with Crippen LogP contribution in [0, 0.1) is 10.1 Å². The van der Waals surface area contributed by atoms with Crippen LogP contribution in [0.4, 0.5) is 10.7 Å². The molecule has 1 aromatic carbocycles. The first kappa shape index (κ1) is 18.6. The van der Waals surface area contributed by atoms with Crippen molar-refractivity contribution in [3.8, 4) is 0 Å². The summed E-state index contributed by atoms with van der Waals surface area (Å²) in [6.45, 7) is 5.59. The van der Waals surface area contributed by atoms with Crippen molar-refractivity contribution >= 4 is 33.9 Å². The van der Waals surface area contributed by atoms with Gasteiger partial charge in [-0.3, -0.25) is 14.9 Å². The fraction of sp³-hybridized carbons (Fsp3) is 0.294. The molecule has 0 fully saturated rings. The lowest BCUT2D eigenvalue weighted by Crippen LogP contribution is -2.29. The van der Waals surface area contributed by atoms with Crippen LogP contribution in [0.3, 0.4) is 0 Å². The molecule has 1 aromatic heterocycles. The highest BCUT2D eigenvalue weighted by Gasteiger charge is 2.22.